The molecule has 0 saturated heterocycles. The molecule has 4 heteroatoms. The van der Waals surface area contributed by atoms with E-state index in [9.17, 15) is 4.79 Å². The lowest BCUT2D eigenvalue weighted by Crippen LogP contribution is -2.32. The van der Waals surface area contributed by atoms with Crippen LogP contribution in [0.15, 0.2) is 219 Å². The van der Waals surface area contributed by atoms with Crippen LogP contribution in [0.3, 0.4) is 0 Å². The Hall–Kier alpha value is -6.04. The second-order valence-electron chi connectivity index (χ2n) is 14.8. The summed E-state index contributed by atoms with van der Waals surface area (Å²) in [6.07, 6.45) is 0. The van der Waals surface area contributed by atoms with Crippen LogP contribution in [0.5, 0.6) is 0 Å². The maximum Gasteiger partial charge on any atom is 0.195 e. The van der Waals surface area contributed by atoms with Crippen molar-refractivity contribution in [3.05, 3.63) is 237 Å². The first kappa shape index (κ1) is 35.1. The van der Waals surface area contributed by atoms with Crippen LogP contribution in [0, 0.1) is 0 Å². The van der Waals surface area contributed by atoms with E-state index in [0.29, 0.717) is 0 Å². The number of rotatable bonds is 0. The van der Waals surface area contributed by atoms with Crippen molar-refractivity contribution in [3.63, 3.8) is 0 Å². The fraction of sp³-hybridized carbons (Fsp3) is 0.0185. The van der Waals surface area contributed by atoms with Gasteiger partial charge in [0, 0.05) is 39.8 Å². The van der Waals surface area contributed by atoms with E-state index in [1.54, 1.807) is 11.3 Å². The molecule has 1 nitrogen and oxygen atoms in total. The lowest BCUT2D eigenvalue weighted by Gasteiger charge is -2.39. The fourth-order valence-electron chi connectivity index (χ4n) is 9.26. The fourth-order valence-corrected chi connectivity index (χ4v) is 12.1. The molecule has 2 aliphatic rings. The van der Waals surface area contributed by atoms with Crippen molar-refractivity contribution in [1.29, 1.82) is 0 Å². The molecule has 0 fully saturated rings. The van der Waals surface area contributed by atoms with Gasteiger partial charge in [-0.2, -0.15) is 0 Å². The highest BCUT2D eigenvalue weighted by molar-refractivity contribution is 9.10. The zero-order valence-electron chi connectivity index (χ0n) is 31.2. The molecule has 13 rings (SSSR count). The van der Waals surface area contributed by atoms with Crippen molar-refractivity contribution < 1.29 is 0 Å². The monoisotopic (exact) mass is 840 g/mol. The van der Waals surface area contributed by atoms with Crippen LogP contribution in [0.1, 0.15) is 22.3 Å². The molecule has 1 spiro atoms. The molecule has 2 heterocycles. The molecule has 274 valence electrons. The summed E-state index contributed by atoms with van der Waals surface area (Å²) in [5.74, 6) is 0. The van der Waals surface area contributed by atoms with Gasteiger partial charge in [-0.3, -0.25) is 4.79 Å². The summed E-state index contributed by atoms with van der Waals surface area (Å²) in [7, 11) is 0. The van der Waals surface area contributed by atoms with Crippen molar-refractivity contribution in [2.75, 3.05) is 0 Å². The molecule has 0 atom stereocenters. The predicted octanol–water partition coefficient (Wildman–Crippen LogP) is 15.3. The van der Waals surface area contributed by atoms with Gasteiger partial charge >= 0.3 is 0 Å². The minimum atomic E-state index is -0.235. The predicted molar refractivity (Wildman–Crippen MR) is 252 cm³/mol. The van der Waals surface area contributed by atoms with E-state index in [0.717, 1.165) is 24.6 Å². The number of halogens is 1. The molecular formula is C54H33BrOS2. The molecule has 0 saturated carbocycles. The van der Waals surface area contributed by atoms with Crippen molar-refractivity contribution in [2.24, 2.45) is 0 Å². The Bertz CT molecular complexity index is 3330. The highest BCUT2D eigenvalue weighted by Crippen LogP contribution is 2.61. The zero-order valence-corrected chi connectivity index (χ0v) is 34.4. The molecule has 0 amide bonds. The van der Waals surface area contributed by atoms with Crippen LogP contribution in [0.2, 0.25) is 0 Å². The van der Waals surface area contributed by atoms with Crippen molar-refractivity contribution in [3.8, 4) is 0 Å². The van der Waals surface area contributed by atoms with Crippen LogP contribution in [-0.2, 0) is 5.41 Å². The van der Waals surface area contributed by atoms with Gasteiger partial charge in [0.15, 0.2) is 5.43 Å². The standard InChI is InChI=1S/C27H16S.C14H9Br.C13H8OS/c1-3-13-23-19(9-1)27(20-10-2-4-14-24(20)28-23)21-11-5-7-17-15-16-18-8-6-12-22(27)26(18)25(17)21;15-13-7-3-5-11-9-8-10-4-1-2-6-12(10)14(11)13;14-13-9-5-1-3-7-11(9)15-12-8-4-2-6-10(12)13/h1-16H;1-9H;1-8H. The van der Waals surface area contributed by atoms with Crippen LogP contribution in [-0.4, -0.2) is 0 Å². The van der Waals surface area contributed by atoms with E-state index >= 15 is 0 Å². The SMILES string of the molecule is Brc1cccc2ccc3ccccc3c12.O=c1c2ccccc2sc2ccccc12.c1ccc2c(c1)Sc1ccccc1C21c2cccc3ccc4cccc1c4c23. The smallest absolute Gasteiger partial charge is 0.195 e. The summed E-state index contributed by atoms with van der Waals surface area (Å²) in [6, 6.07) is 70.8. The van der Waals surface area contributed by atoms with Gasteiger partial charge in [0.05, 0.1) is 5.41 Å². The molecule has 0 N–H and O–H groups in total. The van der Waals surface area contributed by atoms with E-state index in [1.807, 2.05) is 60.3 Å². The summed E-state index contributed by atoms with van der Waals surface area (Å²) in [5, 5.41) is 12.3. The molecule has 0 bridgehead atoms. The number of benzene rings is 10. The molecule has 1 aromatic heterocycles. The third kappa shape index (κ3) is 5.40. The third-order valence-electron chi connectivity index (χ3n) is 11.7. The van der Waals surface area contributed by atoms with Crippen LogP contribution in [0.25, 0.3) is 63.3 Å². The van der Waals surface area contributed by atoms with Gasteiger partial charge < -0.3 is 0 Å². The minimum Gasteiger partial charge on any atom is -0.289 e. The summed E-state index contributed by atoms with van der Waals surface area (Å²) in [4.78, 5) is 14.8. The summed E-state index contributed by atoms with van der Waals surface area (Å²) < 4.78 is 3.28. The average molecular weight is 842 g/mol. The van der Waals surface area contributed by atoms with E-state index in [1.165, 1.54) is 75.1 Å². The molecule has 0 unspecified atom stereocenters. The van der Waals surface area contributed by atoms with Crippen molar-refractivity contribution >= 4 is 102 Å². The van der Waals surface area contributed by atoms with Crippen LogP contribution in [0.4, 0.5) is 0 Å². The number of hydrogen-bond acceptors (Lipinski definition) is 3. The Morgan fingerprint density at radius 1 is 0.362 bits per heavy atom. The molecule has 58 heavy (non-hydrogen) atoms. The summed E-state index contributed by atoms with van der Waals surface area (Å²) >= 11 is 7.18. The van der Waals surface area contributed by atoms with Gasteiger partial charge in [-0.05, 0) is 102 Å². The second kappa shape index (κ2) is 14.1. The highest BCUT2D eigenvalue weighted by atomic mass is 79.9. The molecule has 11 aromatic rings. The van der Waals surface area contributed by atoms with E-state index < -0.39 is 0 Å². The van der Waals surface area contributed by atoms with Gasteiger partial charge in [-0.25, -0.2) is 0 Å². The molecule has 0 radical (unpaired) electrons. The highest BCUT2D eigenvalue weighted by Gasteiger charge is 2.48. The van der Waals surface area contributed by atoms with Crippen molar-refractivity contribution in [1.82, 2.24) is 0 Å². The lowest BCUT2D eigenvalue weighted by molar-refractivity contribution is 0.725. The number of fused-ring (bicyclic) bond motifs is 11. The largest absolute Gasteiger partial charge is 0.289 e. The number of hydrogen-bond donors (Lipinski definition) is 0. The molecule has 1 aliphatic heterocycles. The Morgan fingerprint density at radius 3 is 1.36 bits per heavy atom. The Labute approximate surface area is 352 Å². The molecule has 1 aliphatic carbocycles. The second-order valence-corrected chi connectivity index (χ2v) is 17.8. The molecule has 10 aromatic carbocycles. The quantitative estimate of drug-likeness (QED) is 0.112. The van der Waals surface area contributed by atoms with Crippen LogP contribution >= 0.6 is 39.0 Å². The average Bonchev–Trinajstić information content (AvgIpc) is 3.58. The Kier molecular flexibility index (Phi) is 8.55. The van der Waals surface area contributed by atoms with E-state index in [-0.39, 0.29) is 10.8 Å². The van der Waals surface area contributed by atoms with Crippen molar-refractivity contribution in [2.45, 2.75) is 15.2 Å². The van der Waals surface area contributed by atoms with Gasteiger partial charge in [-0.15, -0.1) is 11.3 Å². The first-order valence-corrected chi connectivity index (χ1v) is 21.8. The summed E-state index contributed by atoms with van der Waals surface area (Å²) in [6.45, 7) is 0. The first-order valence-electron chi connectivity index (χ1n) is 19.4. The topological polar surface area (TPSA) is 17.1 Å². The van der Waals surface area contributed by atoms with Gasteiger partial charge in [0.2, 0.25) is 0 Å². The Balaban J connectivity index is 0.000000109. The third-order valence-corrected chi connectivity index (χ3v) is 14.7. The normalized spacial score (nSPS) is 13.1. The lowest BCUT2D eigenvalue weighted by atomic mass is 9.67. The maximum atomic E-state index is 12.1. The van der Waals surface area contributed by atoms with Gasteiger partial charge in [-0.1, -0.05) is 185 Å². The van der Waals surface area contributed by atoms with Gasteiger partial charge in [0.1, 0.15) is 0 Å². The first-order chi connectivity index (χ1) is 28.6. The van der Waals surface area contributed by atoms with Gasteiger partial charge in [0.25, 0.3) is 0 Å². The Morgan fingerprint density at radius 2 is 0.776 bits per heavy atom. The zero-order chi connectivity index (χ0) is 38.8. The molecular weight excluding hydrogens is 809 g/mol. The summed E-state index contributed by atoms with van der Waals surface area (Å²) in [5.41, 5.74) is 5.58. The minimum absolute atomic E-state index is 0.139. The maximum absolute atomic E-state index is 12.1. The van der Waals surface area contributed by atoms with E-state index in [4.69, 9.17) is 0 Å². The van der Waals surface area contributed by atoms with E-state index in [2.05, 4.69) is 168 Å². The van der Waals surface area contributed by atoms with Crippen LogP contribution < -0.4 is 5.43 Å².